The van der Waals surface area contributed by atoms with Gasteiger partial charge in [0.2, 0.25) is 0 Å². The number of sulfone groups is 1. The summed E-state index contributed by atoms with van der Waals surface area (Å²) in [5, 5.41) is 0. The number of hydrogen-bond acceptors (Lipinski definition) is 7. The summed E-state index contributed by atoms with van der Waals surface area (Å²) in [6, 6.07) is 8.84. The van der Waals surface area contributed by atoms with E-state index in [1.807, 2.05) is 0 Å². The standard InChI is InChI=1S/C18H18O7S/c1-22-15-5-3-12(9-17(15)23-2)14(19)11-26(20,21)13-4-6-16-18(10-13)25-8-7-24-16/h3-6,9-10H,7-8,11H2,1-2H3. The number of fused-ring (bicyclic) bond motifs is 1. The van der Waals surface area contributed by atoms with Crippen LogP contribution in [0.2, 0.25) is 0 Å². The van der Waals surface area contributed by atoms with E-state index in [9.17, 15) is 13.2 Å². The number of carbonyl (C=O) groups is 1. The summed E-state index contributed by atoms with van der Waals surface area (Å²) < 4.78 is 46.2. The van der Waals surface area contributed by atoms with Crippen LogP contribution < -0.4 is 18.9 Å². The van der Waals surface area contributed by atoms with Gasteiger partial charge in [-0.3, -0.25) is 4.79 Å². The molecule has 8 heteroatoms. The Hall–Kier alpha value is -2.74. The summed E-state index contributed by atoms with van der Waals surface area (Å²) in [5.74, 6) is 0.453. The van der Waals surface area contributed by atoms with Gasteiger partial charge in [0.1, 0.15) is 19.0 Å². The molecule has 1 heterocycles. The van der Waals surface area contributed by atoms with Gasteiger partial charge in [0.15, 0.2) is 38.6 Å². The van der Waals surface area contributed by atoms with Crippen LogP contribution in [0, 0.1) is 0 Å². The fourth-order valence-electron chi connectivity index (χ4n) is 2.57. The van der Waals surface area contributed by atoms with Gasteiger partial charge < -0.3 is 18.9 Å². The van der Waals surface area contributed by atoms with Crippen molar-refractivity contribution in [2.75, 3.05) is 33.2 Å². The van der Waals surface area contributed by atoms with E-state index in [-0.39, 0.29) is 10.5 Å². The van der Waals surface area contributed by atoms with Crippen LogP contribution in [0.4, 0.5) is 0 Å². The average molecular weight is 378 g/mol. The molecule has 0 N–H and O–H groups in total. The van der Waals surface area contributed by atoms with E-state index < -0.39 is 21.4 Å². The van der Waals surface area contributed by atoms with Gasteiger partial charge in [-0.05, 0) is 30.3 Å². The maximum absolute atomic E-state index is 12.6. The zero-order valence-electron chi connectivity index (χ0n) is 14.4. The van der Waals surface area contributed by atoms with Crippen molar-refractivity contribution in [1.29, 1.82) is 0 Å². The van der Waals surface area contributed by atoms with Crippen molar-refractivity contribution in [1.82, 2.24) is 0 Å². The van der Waals surface area contributed by atoms with Crippen LogP contribution in [0.15, 0.2) is 41.3 Å². The van der Waals surface area contributed by atoms with Crippen LogP contribution in [0.1, 0.15) is 10.4 Å². The first kappa shape index (κ1) is 18.1. The summed E-state index contributed by atoms with van der Waals surface area (Å²) in [6.07, 6.45) is 0. The zero-order chi connectivity index (χ0) is 18.7. The van der Waals surface area contributed by atoms with Crippen molar-refractivity contribution >= 4 is 15.6 Å². The van der Waals surface area contributed by atoms with Crippen LogP contribution in [0.5, 0.6) is 23.0 Å². The molecule has 3 rings (SSSR count). The minimum absolute atomic E-state index is 0.00979. The van der Waals surface area contributed by atoms with Crippen molar-refractivity contribution in [2.45, 2.75) is 4.90 Å². The average Bonchev–Trinajstić information content (AvgIpc) is 2.66. The maximum atomic E-state index is 12.6. The summed E-state index contributed by atoms with van der Waals surface area (Å²) in [5.41, 5.74) is 0.226. The highest BCUT2D eigenvalue weighted by Gasteiger charge is 2.24. The fourth-order valence-corrected chi connectivity index (χ4v) is 3.81. The number of hydrogen-bond donors (Lipinski definition) is 0. The number of ketones is 1. The van der Waals surface area contributed by atoms with Gasteiger partial charge in [-0.25, -0.2) is 8.42 Å². The van der Waals surface area contributed by atoms with Crippen LogP contribution in [-0.4, -0.2) is 47.4 Å². The molecule has 138 valence electrons. The van der Waals surface area contributed by atoms with Crippen LogP contribution in [-0.2, 0) is 9.84 Å². The van der Waals surface area contributed by atoms with Gasteiger partial charge in [-0.2, -0.15) is 0 Å². The molecule has 0 saturated carbocycles. The SMILES string of the molecule is COc1ccc(C(=O)CS(=O)(=O)c2ccc3c(c2)OCCO3)cc1OC. The topological polar surface area (TPSA) is 88.1 Å². The Morgan fingerprint density at radius 2 is 1.65 bits per heavy atom. The van der Waals surface area contributed by atoms with Crippen LogP contribution in [0.25, 0.3) is 0 Å². The number of carbonyl (C=O) groups excluding carboxylic acids is 1. The molecule has 1 aliphatic rings. The normalized spacial score (nSPS) is 13.2. The third kappa shape index (κ3) is 3.60. The second kappa shape index (κ2) is 7.25. The predicted molar refractivity (Wildman–Crippen MR) is 93.4 cm³/mol. The highest BCUT2D eigenvalue weighted by molar-refractivity contribution is 7.92. The molecular formula is C18H18O7S. The Kier molecular flexibility index (Phi) is 5.03. The van der Waals surface area contributed by atoms with E-state index in [1.165, 1.54) is 44.6 Å². The van der Waals surface area contributed by atoms with E-state index in [2.05, 4.69) is 0 Å². The predicted octanol–water partition coefficient (Wildman–Crippen LogP) is 2.13. The third-order valence-corrected chi connectivity index (χ3v) is 5.51. The third-order valence-electron chi connectivity index (χ3n) is 3.90. The number of benzene rings is 2. The van der Waals surface area contributed by atoms with Gasteiger partial charge in [-0.1, -0.05) is 0 Å². The van der Waals surface area contributed by atoms with Crippen LogP contribution in [0.3, 0.4) is 0 Å². The first-order valence-electron chi connectivity index (χ1n) is 7.82. The second-order valence-corrected chi connectivity index (χ2v) is 7.55. The Balaban J connectivity index is 1.84. The van der Waals surface area contributed by atoms with Gasteiger partial charge in [0.25, 0.3) is 0 Å². The van der Waals surface area contributed by atoms with Crippen molar-refractivity contribution in [3.63, 3.8) is 0 Å². The van der Waals surface area contributed by atoms with Gasteiger partial charge in [0.05, 0.1) is 19.1 Å². The molecule has 0 aromatic heterocycles. The first-order valence-corrected chi connectivity index (χ1v) is 9.47. The number of methoxy groups -OCH3 is 2. The minimum atomic E-state index is -3.83. The number of Topliss-reactive ketones (excluding diaryl/α,β-unsaturated/α-hetero) is 1. The molecule has 0 spiro atoms. The molecule has 0 atom stereocenters. The molecule has 7 nitrogen and oxygen atoms in total. The largest absolute Gasteiger partial charge is 0.493 e. The minimum Gasteiger partial charge on any atom is -0.493 e. The van der Waals surface area contributed by atoms with Crippen molar-refractivity contribution in [3.05, 3.63) is 42.0 Å². The monoisotopic (exact) mass is 378 g/mol. The molecule has 0 aliphatic carbocycles. The molecule has 0 radical (unpaired) electrons. The van der Waals surface area contributed by atoms with Gasteiger partial charge in [0, 0.05) is 11.6 Å². The molecule has 0 unspecified atom stereocenters. The van der Waals surface area contributed by atoms with Crippen molar-refractivity contribution < 1.29 is 32.2 Å². The summed E-state index contributed by atoms with van der Waals surface area (Å²) in [7, 11) is -0.913. The quantitative estimate of drug-likeness (QED) is 0.712. The molecule has 26 heavy (non-hydrogen) atoms. The lowest BCUT2D eigenvalue weighted by Crippen LogP contribution is -2.18. The fraction of sp³-hybridized carbons (Fsp3) is 0.278. The Morgan fingerprint density at radius 3 is 2.35 bits per heavy atom. The molecule has 0 fully saturated rings. The van der Waals surface area contributed by atoms with E-state index in [0.29, 0.717) is 36.2 Å². The Bertz CT molecular complexity index is 935. The van der Waals surface area contributed by atoms with E-state index in [1.54, 1.807) is 6.07 Å². The van der Waals surface area contributed by atoms with E-state index in [0.717, 1.165) is 0 Å². The zero-order valence-corrected chi connectivity index (χ0v) is 15.2. The van der Waals surface area contributed by atoms with Gasteiger partial charge >= 0.3 is 0 Å². The Labute approximate surface area is 151 Å². The molecule has 0 bridgehead atoms. The molecule has 2 aromatic rings. The number of ether oxygens (including phenoxy) is 4. The summed E-state index contributed by atoms with van der Waals surface area (Å²) in [4.78, 5) is 12.5. The van der Waals surface area contributed by atoms with Crippen molar-refractivity contribution in [3.8, 4) is 23.0 Å². The lowest BCUT2D eigenvalue weighted by atomic mass is 10.1. The van der Waals surface area contributed by atoms with Crippen molar-refractivity contribution in [2.24, 2.45) is 0 Å². The second-order valence-electron chi connectivity index (χ2n) is 5.56. The highest BCUT2D eigenvalue weighted by atomic mass is 32.2. The highest BCUT2D eigenvalue weighted by Crippen LogP contribution is 2.33. The van der Waals surface area contributed by atoms with Gasteiger partial charge in [-0.15, -0.1) is 0 Å². The molecular weight excluding hydrogens is 360 g/mol. The lowest BCUT2D eigenvalue weighted by Gasteiger charge is -2.18. The Morgan fingerprint density at radius 1 is 0.962 bits per heavy atom. The van der Waals surface area contributed by atoms with E-state index in [4.69, 9.17) is 18.9 Å². The molecule has 1 aliphatic heterocycles. The van der Waals surface area contributed by atoms with E-state index >= 15 is 0 Å². The summed E-state index contributed by atoms with van der Waals surface area (Å²) >= 11 is 0. The molecule has 2 aromatic carbocycles. The molecule has 0 amide bonds. The lowest BCUT2D eigenvalue weighted by molar-refractivity contribution is 0.102. The summed E-state index contributed by atoms with van der Waals surface area (Å²) in [6.45, 7) is 0.762. The number of rotatable bonds is 6. The van der Waals surface area contributed by atoms with Crippen LogP contribution >= 0.6 is 0 Å². The maximum Gasteiger partial charge on any atom is 0.185 e. The smallest absolute Gasteiger partial charge is 0.185 e. The molecule has 0 saturated heterocycles. The first-order chi connectivity index (χ1) is 12.4.